The van der Waals surface area contributed by atoms with Crippen LogP contribution in [0.25, 0.3) is 0 Å². The van der Waals surface area contributed by atoms with Crippen molar-refractivity contribution in [2.45, 2.75) is 12.5 Å². The van der Waals surface area contributed by atoms with E-state index in [1.165, 1.54) is 7.11 Å². The number of carbonyl (C=O) groups is 2. The Balaban J connectivity index is 2.52. The van der Waals surface area contributed by atoms with E-state index in [9.17, 15) is 9.59 Å². The highest BCUT2D eigenvalue weighted by atomic mass is 35.5. The number of carbonyl (C=O) groups excluding carboxylic acids is 2. The molecule has 0 aliphatic carbocycles. The lowest BCUT2D eigenvalue weighted by molar-refractivity contribution is -0.130. The van der Waals surface area contributed by atoms with Crippen LogP contribution in [0.15, 0.2) is 24.3 Å². The van der Waals surface area contributed by atoms with Crippen molar-refractivity contribution in [2.24, 2.45) is 5.73 Å². The fourth-order valence-corrected chi connectivity index (χ4v) is 1.86. The first-order valence-corrected chi connectivity index (χ1v) is 6.81. The van der Waals surface area contributed by atoms with E-state index in [0.717, 1.165) is 5.56 Å². The van der Waals surface area contributed by atoms with Crippen molar-refractivity contribution in [1.29, 1.82) is 0 Å². The number of primary amides is 1. The van der Waals surface area contributed by atoms with Gasteiger partial charge in [-0.3, -0.25) is 9.59 Å². The highest BCUT2D eigenvalue weighted by Crippen LogP contribution is 2.16. The summed E-state index contributed by atoms with van der Waals surface area (Å²) in [4.78, 5) is 23.1. The third kappa shape index (κ3) is 6.57. The van der Waals surface area contributed by atoms with E-state index >= 15 is 0 Å². The number of amides is 2. The van der Waals surface area contributed by atoms with Gasteiger partial charge in [-0.1, -0.05) is 29.8 Å². The van der Waals surface area contributed by atoms with Crippen molar-refractivity contribution in [2.75, 3.05) is 26.9 Å². The molecule has 0 bridgehead atoms. The Bertz CT molecular complexity index is 482. The molecule has 1 rings (SSSR count). The first-order chi connectivity index (χ1) is 10.0. The van der Waals surface area contributed by atoms with Crippen LogP contribution in [-0.2, 0) is 25.5 Å². The van der Waals surface area contributed by atoms with E-state index < -0.39 is 17.9 Å². The van der Waals surface area contributed by atoms with Crippen LogP contribution in [-0.4, -0.2) is 44.8 Å². The summed E-state index contributed by atoms with van der Waals surface area (Å²) in [6.45, 7) is 0.539. The van der Waals surface area contributed by atoms with Crippen molar-refractivity contribution in [1.82, 2.24) is 5.32 Å². The molecule has 0 fully saturated rings. The van der Waals surface area contributed by atoms with Crippen LogP contribution in [0.3, 0.4) is 0 Å². The van der Waals surface area contributed by atoms with Crippen LogP contribution in [0.4, 0.5) is 0 Å². The molecule has 0 spiro atoms. The maximum Gasteiger partial charge on any atom is 0.246 e. The minimum atomic E-state index is -0.830. The lowest BCUT2D eigenvalue weighted by atomic mass is 10.1. The van der Waals surface area contributed by atoms with Crippen molar-refractivity contribution in [3.05, 3.63) is 34.9 Å². The molecule has 0 aliphatic heterocycles. The van der Waals surface area contributed by atoms with Crippen LogP contribution in [0.5, 0.6) is 0 Å². The van der Waals surface area contributed by atoms with Crippen molar-refractivity contribution >= 4 is 23.4 Å². The van der Waals surface area contributed by atoms with Crippen LogP contribution >= 0.6 is 11.6 Å². The van der Waals surface area contributed by atoms with E-state index in [1.54, 1.807) is 24.3 Å². The fraction of sp³-hybridized carbons (Fsp3) is 0.429. The first-order valence-electron chi connectivity index (χ1n) is 6.43. The summed E-state index contributed by atoms with van der Waals surface area (Å²) in [6, 6.07) is 6.25. The third-order valence-corrected chi connectivity index (χ3v) is 3.09. The monoisotopic (exact) mass is 314 g/mol. The molecule has 7 heteroatoms. The van der Waals surface area contributed by atoms with Gasteiger partial charge in [0.05, 0.1) is 13.2 Å². The number of ether oxygens (including phenoxy) is 2. The van der Waals surface area contributed by atoms with Gasteiger partial charge in [0.1, 0.15) is 12.6 Å². The number of halogens is 1. The maximum atomic E-state index is 11.7. The molecule has 0 unspecified atom stereocenters. The van der Waals surface area contributed by atoms with Gasteiger partial charge in [-0.05, 0) is 11.6 Å². The normalized spacial score (nSPS) is 11.9. The average molecular weight is 315 g/mol. The summed E-state index contributed by atoms with van der Waals surface area (Å²) in [6.07, 6.45) is 0.235. The number of methoxy groups -OCH3 is 1. The Hall–Kier alpha value is -1.63. The Kier molecular flexibility index (Phi) is 7.74. The topological polar surface area (TPSA) is 90.7 Å². The van der Waals surface area contributed by atoms with E-state index in [1.807, 2.05) is 0 Å². The summed E-state index contributed by atoms with van der Waals surface area (Å²) in [5.74, 6) is -1.04. The quantitative estimate of drug-likeness (QED) is 0.650. The minimum Gasteiger partial charge on any atom is -0.382 e. The van der Waals surface area contributed by atoms with Crippen LogP contribution < -0.4 is 11.1 Å². The molecule has 0 radical (unpaired) electrons. The first kappa shape index (κ1) is 17.4. The highest BCUT2D eigenvalue weighted by molar-refractivity contribution is 6.31. The van der Waals surface area contributed by atoms with Crippen LogP contribution in [0.2, 0.25) is 5.02 Å². The summed E-state index contributed by atoms with van der Waals surface area (Å²) in [7, 11) is 1.54. The van der Waals surface area contributed by atoms with Gasteiger partial charge in [-0.25, -0.2) is 0 Å². The number of hydrogen-bond acceptors (Lipinski definition) is 4. The van der Waals surface area contributed by atoms with Crippen molar-refractivity contribution in [3.63, 3.8) is 0 Å². The third-order valence-electron chi connectivity index (χ3n) is 2.73. The van der Waals surface area contributed by atoms with Gasteiger partial charge in [0.25, 0.3) is 0 Å². The second kappa shape index (κ2) is 9.33. The molecule has 0 saturated carbocycles. The van der Waals surface area contributed by atoms with E-state index in [0.29, 0.717) is 18.2 Å². The lowest BCUT2D eigenvalue weighted by Crippen LogP contribution is -2.47. The molecule has 3 N–H and O–H groups in total. The Labute approximate surface area is 128 Å². The second-order valence-corrected chi connectivity index (χ2v) is 4.77. The zero-order valence-electron chi connectivity index (χ0n) is 11.8. The number of nitrogens with one attached hydrogen (secondary N) is 1. The predicted molar refractivity (Wildman–Crippen MR) is 79.0 cm³/mol. The average Bonchev–Trinajstić information content (AvgIpc) is 2.45. The number of nitrogens with two attached hydrogens (primary N) is 1. The zero-order valence-corrected chi connectivity index (χ0v) is 12.6. The molecule has 1 atom stereocenters. The molecular formula is C14H19ClN2O4. The Morgan fingerprint density at radius 3 is 2.67 bits per heavy atom. The predicted octanol–water partition coefficient (Wildman–Crippen LogP) is 0.516. The molecule has 116 valence electrons. The molecular weight excluding hydrogens is 296 g/mol. The molecule has 2 amide bonds. The van der Waals surface area contributed by atoms with E-state index in [-0.39, 0.29) is 13.0 Å². The van der Waals surface area contributed by atoms with Gasteiger partial charge in [-0.15, -0.1) is 0 Å². The molecule has 1 aromatic carbocycles. The molecule has 0 aromatic heterocycles. The number of hydrogen-bond donors (Lipinski definition) is 2. The van der Waals surface area contributed by atoms with E-state index in [4.69, 9.17) is 26.8 Å². The fourth-order valence-electron chi connectivity index (χ4n) is 1.65. The van der Waals surface area contributed by atoms with Gasteiger partial charge in [0, 0.05) is 18.6 Å². The minimum absolute atomic E-state index is 0.157. The smallest absolute Gasteiger partial charge is 0.246 e. The summed E-state index contributed by atoms with van der Waals surface area (Å²) in [5.41, 5.74) is 6.04. The van der Waals surface area contributed by atoms with Gasteiger partial charge in [-0.2, -0.15) is 0 Å². The second-order valence-electron chi connectivity index (χ2n) is 4.36. The van der Waals surface area contributed by atoms with Crippen molar-refractivity contribution in [3.8, 4) is 0 Å². The molecule has 1 aromatic rings. The van der Waals surface area contributed by atoms with Gasteiger partial charge >= 0.3 is 0 Å². The molecule has 0 saturated heterocycles. The maximum absolute atomic E-state index is 11.7. The lowest BCUT2D eigenvalue weighted by Gasteiger charge is -2.16. The standard InChI is InChI=1S/C14H19ClN2O4/c1-20-6-7-21-9-13(18)17-12(14(16)19)8-10-4-2-3-5-11(10)15/h2-5,12H,6-9H2,1H3,(H2,16,19)(H,17,18)/t12-/m1/s1. The highest BCUT2D eigenvalue weighted by Gasteiger charge is 2.19. The van der Waals surface area contributed by atoms with E-state index in [2.05, 4.69) is 5.32 Å². The molecule has 0 heterocycles. The van der Waals surface area contributed by atoms with Gasteiger partial charge < -0.3 is 20.5 Å². The number of benzene rings is 1. The summed E-state index contributed by atoms with van der Waals surface area (Å²) < 4.78 is 9.86. The summed E-state index contributed by atoms with van der Waals surface area (Å²) in [5, 5.41) is 3.05. The van der Waals surface area contributed by atoms with Crippen LogP contribution in [0.1, 0.15) is 5.56 Å². The largest absolute Gasteiger partial charge is 0.382 e. The van der Waals surface area contributed by atoms with Crippen molar-refractivity contribution < 1.29 is 19.1 Å². The molecule has 21 heavy (non-hydrogen) atoms. The number of rotatable bonds is 9. The SMILES string of the molecule is COCCOCC(=O)N[C@H](Cc1ccccc1Cl)C(N)=O. The molecule has 6 nitrogen and oxygen atoms in total. The summed E-state index contributed by atoms with van der Waals surface area (Å²) >= 11 is 6.02. The molecule has 0 aliphatic rings. The van der Waals surface area contributed by atoms with Crippen LogP contribution in [0, 0.1) is 0 Å². The zero-order chi connectivity index (χ0) is 15.7. The van der Waals surface area contributed by atoms with Gasteiger partial charge in [0.15, 0.2) is 0 Å². The Morgan fingerprint density at radius 1 is 1.33 bits per heavy atom. The Morgan fingerprint density at radius 2 is 2.05 bits per heavy atom. The van der Waals surface area contributed by atoms with Gasteiger partial charge in [0.2, 0.25) is 11.8 Å².